The molecule has 0 saturated carbocycles. The van der Waals surface area contributed by atoms with Gasteiger partial charge in [-0.3, -0.25) is 9.59 Å². The molecule has 1 heterocycles. The Labute approximate surface area is 168 Å². The molecule has 150 valence electrons. The molecule has 0 fully saturated rings. The maximum absolute atomic E-state index is 12.4. The standard InChI is InChI=1S/C22H23N3O4/c1-4-15-5-7-16(8-6-15)18-10-12-22(27)25(24-18)14-21(26)23-17-9-11-19(28-2)20(13-17)29-3/h5-13H,4,14H2,1-3H3,(H,23,26). The monoisotopic (exact) mass is 393 g/mol. The van der Waals surface area contributed by atoms with Gasteiger partial charge in [0.25, 0.3) is 5.56 Å². The van der Waals surface area contributed by atoms with Crippen LogP contribution in [0, 0.1) is 0 Å². The molecule has 29 heavy (non-hydrogen) atoms. The predicted molar refractivity (Wildman–Crippen MR) is 111 cm³/mol. The van der Waals surface area contributed by atoms with Gasteiger partial charge in [0.15, 0.2) is 11.5 Å². The van der Waals surface area contributed by atoms with Gasteiger partial charge in [0.1, 0.15) is 6.54 Å². The van der Waals surface area contributed by atoms with E-state index in [2.05, 4.69) is 17.3 Å². The maximum atomic E-state index is 12.4. The molecule has 0 atom stereocenters. The summed E-state index contributed by atoms with van der Waals surface area (Å²) in [6, 6.07) is 16.1. The number of carbonyl (C=O) groups is 1. The van der Waals surface area contributed by atoms with Gasteiger partial charge in [0, 0.05) is 23.4 Å². The minimum atomic E-state index is -0.370. The smallest absolute Gasteiger partial charge is 0.267 e. The van der Waals surface area contributed by atoms with Gasteiger partial charge in [-0.05, 0) is 30.2 Å². The van der Waals surface area contributed by atoms with Crippen molar-refractivity contribution in [3.05, 3.63) is 70.5 Å². The van der Waals surface area contributed by atoms with Gasteiger partial charge in [0.05, 0.1) is 19.9 Å². The molecule has 0 aliphatic carbocycles. The SMILES string of the molecule is CCc1ccc(-c2ccc(=O)n(CC(=O)Nc3ccc(OC)c(OC)c3)n2)cc1. The Morgan fingerprint density at radius 1 is 1.00 bits per heavy atom. The summed E-state index contributed by atoms with van der Waals surface area (Å²) in [5.74, 6) is 0.689. The van der Waals surface area contributed by atoms with Crippen molar-refractivity contribution < 1.29 is 14.3 Å². The molecule has 3 aromatic rings. The number of ether oxygens (including phenoxy) is 2. The molecule has 0 bridgehead atoms. The van der Waals surface area contributed by atoms with Gasteiger partial charge in [-0.15, -0.1) is 0 Å². The highest BCUT2D eigenvalue weighted by Gasteiger charge is 2.11. The lowest BCUT2D eigenvalue weighted by Gasteiger charge is -2.11. The summed E-state index contributed by atoms with van der Waals surface area (Å²) in [7, 11) is 3.06. The fourth-order valence-corrected chi connectivity index (χ4v) is 2.88. The lowest BCUT2D eigenvalue weighted by atomic mass is 10.1. The Morgan fingerprint density at radius 2 is 1.72 bits per heavy atom. The summed E-state index contributed by atoms with van der Waals surface area (Å²) in [4.78, 5) is 24.6. The molecule has 2 aromatic carbocycles. The summed E-state index contributed by atoms with van der Waals surface area (Å²) in [6.45, 7) is 1.89. The largest absolute Gasteiger partial charge is 0.493 e. The number of methoxy groups -OCH3 is 2. The quantitative estimate of drug-likeness (QED) is 0.667. The van der Waals surface area contributed by atoms with E-state index in [1.54, 1.807) is 24.3 Å². The highest BCUT2D eigenvalue weighted by Crippen LogP contribution is 2.29. The van der Waals surface area contributed by atoms with E-state index in [0.717, 1.165) is 16.7 Å². The lowest BCUT2D eigenvalue weighted by Crippen LogP contribution is -2.29. The number of nitrogens with zero attached hydrogens (tertiary/aromatic N) is 2. The molecule has 7 nitrogen and oxygen atoms in total. The van der Waals surface area contributed by atoms with Crippen LogP contribution in [0.3, 0.4) is 0 Å². The first-order valence-corrected chi connectivity index (χ1v) is 9.23. The predicted octanol–water partition coefficient (Wildman–Crippen LogP) is 3.13. The van der Waals surface area contributed by atoms with Crippen molar-refractivity contribution in [1.29, 1.82) is 0 Å². The molecule has 1 aromatic heterocycles. The number of nitrogens with one attached hydrogen (secondary N) is 1. The van der Waals surface area contributed by atoms with Crippen molar-refractivity contribution in [3.8, 4) is 22.8 Å². The maximum Gasteiger partial charge on any atom is 0.267 e. The van der Waals surface area contributed by atoms with Crippen LogP contribution in [0.4, 0.5) is 5.69 Å². The molecular formula is C22H23N3O4. The summed E-state index contributed by atoms with van der Waals surface area (Å²) in [5, 5.41) is 7.08. The first-order chi connectivity index (χ1) is 14.0. The Bertz CT molecular complexity index is 1060. The van der Waals surface area contributed by atoms with Crippen LogP contribution in [0.1, 0.15) is 12.5 Å². The van der Waals surface area contributed by atoms with Crippen LogP contribution in [0.5, 0.6) is 11.5 Å². The van der Waals surface area contributed by atoms with Crippen LogP contribution in [0.25, 0.3) is 11.3 Å². The molecule has 0 radical (unpaired) electrons. The van der Waals surface area contributed by atoms with Crippen LogP contribution >= 0.6 is 0 Å². The van der Waals surface area contributed by atoms with Crippen LogP contribution in [0.15, 0.2) is 59.4 Å². The summed E-state index contributed by atoms with van der Waals surface area (Å²) >= 11 is 0. The first kappa shape index (κ1) is 20.1. The first-order valence-electron chi connectivity index (χ1n) is 9.23. The van der Waals surface area contributed by atoms with E-state index in [9.17, 15) is 9.59 Å². The number of anilines is 1. The molecule has 0 aliphatic rings. The molecule has 0 saturated heterocycles. The third-order valence-electron chi connectivity index (χ3n) is 4.49. The Kier molecular flexibility index (Phi) is 6.29. The van der Waals surface area contributed by atoms with E-state index in [0.29, 0.717) is 22.9 Å². The Morgan fingerprint density at radius 3 is 2.38 bits per heavy atom. The molecule has 3 rings (SSSR count). The number of amides is 1. The second-order valence-electron chi connectivity index (χ2n) is 6.38. The minimum Gasteiger partial charge on any atom is -0.493 e. The van der Waals surface area contributed by atoms with E-state index in [4.69, 9.17) is 9.47 Å². The highest BCUT2D eigenvalue weighted by atomic mass is 16.5. The fraction of sp³-hybridized carbons (Fsp3) is 0.227. The van der Waals surface area contributed by atoms with Crippen LogP contribution in [-0.4, -0.2) is 29.9 Å². The van der Waals surface area contributed by atoms with Crippen molar-refractivity contribution in [2.24, 2.45) is 0 Å². The van der Waals surface area contributed by atoms with Gasteiger partial charge in [-0.1, -0.05) is 31.2 Å². The van der Waals surface area contributed by atoms with E-state index in [1.165, 1.54) is 25.8 Å². The summed E-state index contributed by atoms with van der Waals surface area (Å²) < 4.78 is 11.6. The number of hydrogen-bond acceptors (Lipinski definition) is 5. The molecule has 1 N–H and O–H groups in total. The lowest BCUT2D eigenvalue weighted by molar-refractivity contribution is -0.117. The number of benzene rings is 2. The van der Waals surface area contributed by atoms with Gasteiger partial charge in [-0.25, -0.2) is 4.68 Å². The Balaban J connectivity index is 1.77. The number of hydrogen-bond donors (Lipinski definition) is 1. The Hall–Kier alpha value is -3.61. The third-order valence-corrected chi connectivity index (χ3v) is 4.49. The highest BCUT2D eigenvalue weighted by molar-refractivity contribution is 5.90. The van der Waals surface area contributed by atoms with Crippen molar-refractivity contribution in [3.63, 3.8) is 0 Å². The zero-order valence-corrected chi connectivity index (χ0v) is 16.6. The van der Waals surface area contributed by atoms with Crippen molar-refractivity contribution in [1.82, 2.24) is 9.78 Å². The summed E-state index contributed by atoms with van der Waals surface area (Å²) in [6.07, 6.45) is 0.948. The van der Waals surface area contributed by atoms with Gasteiger partial charge in [-0.2, -0.15) is 5.10 Å². The van der Waals surface area contributed by atoms with Crippen LogP contribution < -0.4 is 20.3 Å². The van der Waals surface area contributed by atoms with Crippen LogP contribution in [-0.2, 0) is 17.8 Å². The average molecular weight is 393 g/mol. The van der Waals surface area contributed by atoms with E-state index >= 15 is 0 Å². The number of rotatable bonds is 7. The zero-order chi connectivity index (χ0) is 20.8. The van der Waals surface area contributed by atoms with E-state index in [-0.39, 0.29) is 18.0 Å². The van der Waals surface area contributed by atoms with Gasteiger partial charge >= 0.3 is 0 Å². The third kappa shape index (κ3) is 4.82. The van der Waals surface area contributed by atoms with Crippen molar-refractivity contribution in [2.45, 2.75) is 19.9 Å². The topological polar surface area (TPSA) is 82.5 Å². The van der Waals surface area contributed by atoms with Crippen LogP contribution in [0.2, 0.25) is 0 Å². The molecule has 1 amide bonds. The number of aromatic nitrogens is 2. The van der Waals surface area contributed by atoms with Crippen molar-refractivity contribution >= 4 is 11.6 Å². The number of carbonyl (C=O) groups excluding carboxylic acids is 1. The second-order valence-corrected chi connectivity index (χ2v) is 6.38. The van der Waals surface area contributed by atoms with Gasteiger partial charge in [0.2, 0.25) is 5.91 Å². The molecule has 0 aliphatic heterocycles. The molecule has 0 unspecified atom stereocenters. The fourth-order valence-electron chi connectivity index (χ4n) is 2.88. The zero-order valence-electron chi connectivity index (χ0n) is 16.6. The molecule has 0 spiro atoms. The molecular weight excluding hydrogens is 370 g/mol. The summed E-state index contributed by atoms with van der Waals surface area (Å²) in [5.41, 5.74) is 2.92. The normalized spacial score (nSPS) is 10.4. The molecule has 7 heteroatoms. The van der Waals surface area contributed by atoms with Crippen molar-refractivity contribution in [2.75, 3.05) is 19.5 Å². The minimum absolute atomic E-state index is 0.200. The number of aryl methyl sites for hydroxylation is 1. The van der Waals surface area contributed by atoms with Gasteiger partial charge < -0.3 is 14.8 Å². The van der Waals surface area contributed by atoms with E-state index < -0.39 is 0 Å². The second kappa shape index (κ2) is 9.05. The average Bonchev–Trinajstić information content (AvgIpc) is 2.75. The van der Waals surface area contributed by atoms with E-state index in [1.807, 2.05) is 24.3 Å².